The molecule has 0 aromatic heterocycles. The van der Waals surface area contributed by atoms with Crippen LogP contribution in [0.3, 0.4) is 0 Å². The van der Waals surface area contributed by atoms with Gasteiger partial charge in [-0.1, -0.05) is 46.6 Å². The normalized spacial score (nSPS) is 15.7. The smallest absolute Gasteiger partial charge is 0.326 e. The number of thioether (sulfide) groups is 1. The van der Waals surface area contributed by atoms with Crippen molar-refractivity contribution >= 4 is 50.4 Å². The SMILES string of the molecule is Cc1ccc(Br)c(C)c1N(C(=O)CSC(=O)C1CCCC1)[C@@H](C)C(=O)O. The van der Waals surface area contributed by atoms with Crippen LogP contribution in [0.15, 0.2) is 16.6 Å². The van der Waals surface area contributed by atoms with E-state index >= 15 is 0 Å². The van der Waals surface area contributed by atoms with Crippen LogP contribution >= 0.6 is 27.7 Å². The van der Waals surface area contributed by atoms with Crippen molar-refractivity contribution in [3.63, 3.8) is 0 Å². The molecule has 1 aromatic rings. The van der Waals surface area contributed by atoms with Crippen molar-refractivity contribution in [2.75, 3.05) is 10.7 Å². The molecule has 7 heteroatoms. The lowest BCUT2D eigenvalue weighted by molar-refractivity contribution is -0.139. The second-order valence-electron chi connectivity index (χ2n) is 6.70. The van der Waals surface area contributed by atoms with Crippen molar-refractivity contribution in [2.45, 2.75) is 52.5 Å². The minimum atomic E-state index is -1.08. The summed E-state index contributed by atoms with van der Waals surface area (Å²) in [5.41, 5.74) is 2.21. The first kappa shape index (κ1) is 21.0. The highest BCUT2D eigenvalue weighted by atomic mass is 79.9. The molecule has 0 radical (unpaired) electrons. The zero-order valence-electron chi connectivity index (χ0n) is 15.3. The Hall–Kier alpha value is -1.34. The topological polar surface area (TPSA) is 74.7 Å². The Morgan fingerprint density at radius 1 is 1.27 bits per heavy atom. The number of carbonyl (C=O) groups is 3. The van der Waals surface area contributed by atoms with Gasteiger partial charge in [0.2, 0.25) is 5.91 Å². The number of rotatable bonds is 6. The zero-order valence-corrected chi connectivity index (χ0v) is 17.7. The number of halogens is 1. The number of hydrogen-bond donors (Lipinski definition) is 1. The number of carboxylic acids is 1. The predicted octanol–water partition coefficient (Wildman–Crippen LogP) is 4.32. The summed E-state index contributed by atoms with van der Waals surface area (Å²) in [4.78, 5) is 38.1. The van der Waals surface area contributed by atoms with Crippen LogP contribution in [0.25, 0.3) is 0 Å². The van der Waals surface area contributed by atoms with E-state index in [1.165, 1.54) is 11.8 Å². The van der Waals surface area contributed by atoms with Gasteiger partial charge in [0.25, 0.3) is 0 Å². The molecule has 0 heterocycles. The first-order valence-corrected chi connectivity index (χ1v) is 10.5. The zero-order chi connectivity index (χ0) is 19.4. The molecular weight excluding hydrogens is 418 g/mol. The molecule has 1 fully saturated rings. The molecule has 1 amide bonds. The second kappa shape index (κ2) is 9.04. The number of benzene rings is 1. The molecule has 1 atom stereocenters. The minimum absolute atomic E-state index is 0.0347. The van der Waals surface area contributed by atoms with Gasteiger partial charge in [-0.15, -0.1) is 0 Å². The van der Waals surface area contributed by atoms with Crippen LogP contribution < -0.4 is 4.90 Å². The molecule has 1 saturated carbocycles. The van der Waals surface area contributed by atoms with E-state index in [0.717, 1.165) is 53.0 Å². The summed E-state index contributed by atoms with van der Waals surface area (Å²) in [6.45, 7) is 5.18. The number of aliphatic carboxylic acids is 1. The summed E-state index contributed by atoms with van der Waals surface area (Å²) < 4.78 is 0.808. The number of carbonyl (C=O) groups excluding carboxylic acids is 2. The van der Waals surface area contributed by atoms with E-state index in [0.29, 0.717) is 5.69 Å². The third-order valence-corrected chi connectivity index (χ3v) is 6.72. The molecule has 0 aliphatic heterocycles. The third kappa shape index (κ3) is 4.68. The Labute approximate surface area is 166 Å². The van der Waals surface area contributed by atoms with E-state index < -0.39 is 12.0 Å². The number of anilines is 1. The Morgan fingerprint density at radius 2 is 1.88 bits per heavy atom. The molecule has 1 aliphatic carbocycles. The first-order valence-electron chi connectivity index (χ1n) is 8.71. The Balaban J connectivity index is 2.25. The highest BCUT2D eigenvalue weighted by Gasteiger charge is 2.31. The van der Waals surface area contributed by atoms with Crippen LogP contribution in [0.2, 0.25) is 0 Å². The summed E-state index contributed by atoms with van der Waals surface area (Å²) in [5, 5.41) is 9.53. The van der Waals surface area contributed by atoms with Gasteiger partial charge in [-0.25, -0.2) is 4.79 Å². The van der Waals surface area contributed by atoms with Crippen LogP contribution in [0.5, 0.6) is 0 Å². The van der Waals surface area contributed by atoms with E-state index in [-0.39, 0.29) is 22.7 Å². The van der Waals surface area contributed by atoms with Gasteiger partial charge in [0.05, 0.1) is 11.4 Å². The van der Waals surface area contributed by atoms with Crippen molar-refractivity contribution < 1.29 is 19.5 Å². The lowest BCUT2D eigenvalue weighted by Gasteiger charge is -2.30. The van der Waals surface area contributed by atoms with Crippen LogP contribution in [0, 0.1) is 19.8 Å². The predicted molar refractivity (Wildman–Crippen MR) is 108 cm³/mol. The van der Waals surface area contributed by atoms with Crippen LogP contribution in [0.4, 0.5) is 5.69 Å². The molecule has 2 rings (SSSR count). The van der Waals surface area contributed by atoms with Crippen LogP contribution in [-0.2, 0) is 14.4 Å². The molecule has 0 spiro atoms. The van der Waals surface area contributed by atoms with Crippen molar-refractivity contribution in [2.24, 2.45) is 5.92 Å². The third-order valence-electron chi connectivity index (χ3n) is 4.85. The van der Waals surface area contributed by atoms with Crippen LogP contribution in [-0.4, -0.2) is 33.9 Å². The van der Waals surface area contributed by atoms with Gasteiger partial charge >= 0.3 is 5.97 Å². The van der Waals surface area contributed by atoms with E-state index in [4.69, 9.17) is 0 Å². The molecule has 1 N–H and O–H groups in total. The molecule has 0 unspecified atom stereocenters. The summed E-state index contributed by atoms with van der Waals surface area (Å²) in [6, 6.07) is 2.70. The summed E-state index contributed by atoms with van der Waals surface area (Å²) >= 11 is 4.46. The van der Waals surface area contributed by atoms with Crippen molar-refractivity contribution in [1.82, 2.24) is 0 Å². The molecule has 0 bridgehead atoms. The second-order valence-corrected chi connectivity index (χ2v) is 8.54. The van der Waals surface area contributed by atoms with Crippen molar-refractivity contribution in [3.8, 4) is 0 Å². The maximum Gasteiger partial charge on any atom is 0.326 e. The van der Waals surface area contributed by atoms with E-state index in [2.05, 4.69) is 15.9 Å². The number of aryl methyl sites for hydroxylation is 1. The van der Waals surface area contributed by atoms with E-state index in [1.807, 2.05) is 26.0 Å². The number of hydrogen-bond acceptors (Lipinski definition) is 4. The summed E-state index contributed by atoms with van der Waals surface area (Å²) in [5.74, 6) is -1.45. The number of nitrogens with zero attached hydrogens (tertiary/aromatic N) is 1. The van der Waals surface area contributed by atoms with Crippen LogP contribution in [0.1, 0.15) is 43.7 Å². The maximum atomic E-state index is 12.9. The lowest BCUT2D eigenvalue weighted by Crippen LogP contribution is -2.45. The van der Waals surface area contributed by atoms with E-state index in [1.54, 1.807) is 0 Å². The Bertz CT molecular complexity index is 716. The summed E-state index contributed by atoms with van der Waals surface area (Å²) in [6.07, 6.45) is 3.89. The van der Waals surface area contributed by atoms with Gasteiger partial charge in [-0.2, -0.15) is 0 Å². The molecule has 5 nitrogen and oxygen atoms in total. The number of amides is 1. The average molecular weight is 442 g/mol. The fourth-order valence-corrected chi connectivity index (χ4v) is 4.50. The summed E-state index contributed by atoms with van der Waals surface area (Å²) in [7, 11) is 0. The van der Waals surface area contributed by atoms with Gasteiger partial charge in [-0.3, -0.25) is 14.5 Å². The quantitative estimate of drug-likeness (QED) is 0.710. The van der Waals surface area contributed by atoms with Gasteiger partial charge in [0.1, 0.15) is 6.04 Å². The molecule has 26 heavy (non-hydrogen) atoms. The highest BCUT2D eigenvalue weighted by molar-refractivity contribution is 9.10. The van der Waals surface area contributed by atoms with Gasteiger partial charge in [0, 0.05) is 10.4 Å². The van der Waals surface area contributed by atoms with E-state index in [9.17, 15) is 19.5 Å². The molecule has 0 saturated heterocycles. The minimum Gasteiger partial charge on any atom is -0.480 e. The average Bonchev–Trinajstić information content (AvgIpc) is 3.13. The standard InChI is InChI=1S/C19H24BrNO4S/c1-11-8-9-15(20)12(2)17(11)21(13(3)18(23)24)16(22)10-26-19(25)14-6-4-5-7-14/h8-9,13-14H,4-7,10H2,1-3H3,(H,23,24)/t13-/m0/s1. The van der Waals surface area contributed by atoms with Crippen molar-refractivity contribution in [1.29, 1.82) is 0 Å². The largest absolute Gasteiger partial charge is 0.480 e. The number of carboxylic acid groups (broad SMARTS) is 1. The van der Waals surface area contributed by atoms with Gasteiger partial charge in [0.15, 0.2) is 5.12 Å². The lowest BCUT2D eigenvalue weighted by atomic mass is 10.1. The molecule has 142 valence electrons. The Morgan fingerprint density at radius 3 is 2.46 bits per heavy atom. The maximum absolute atomic E-state index is 12.9. The molecular formula is C19H24BrNO4S. The monoisotopic (exact) mass is 441 g/mol. The highest BCUT2D eigenvalue weighted by Crippen LogP contribution is 2.33. The van der Waals surface area contributed by atoms with Crippen molar-refractivity contribution in [3.05, 3.63) is 27.7 Å². The molecule has 1 aliphatic rings. The molecule has 1 aromatic carbocycles. The first-order chi connectivity index (χ1) is 12.2. The Kier molecular flexibility index (Phi) is 7.29. The fraction of sp³-hybridized carbons (Fsp3) is 0.526. The van der Waals surface area contributed by atoms with Gasteiger partial charge in [-0.05, 0) is 50.8 Å². The van der Waals surface area contributed by atoms with Gasteiger partial charge < -0.3 is 5.11 Å². The fourth-order valence-electron chi connectivity index (χ4n) is 3.31.